The molecule has 0 atom stereocenters. The van der Waals surface area contributed by atoms with Gasteiger partial charge in [-0.25, -0.2) is 0 Å². The first-order chi connectivity index (χ1) is 6.06. The number of hydrogen-bond donors (Lipinski definition) is 1. The van der Waals surface area contributed by atoms with Gasteiger partial charge in [0.25, 0.3) is 5.69 Å². The number of nitrogens with zero attached hydrogens (tertiary/aromatic N) is 1. The lowest BCUT2D eigenvalue weighted by Crippen LogP contribution is -1.98. The van der Waals surface area contributed by atoms with Gasteiger partial charge in [0.05, 0.1) is 4.92 Å². The van der Waals surface area contributed by atoms with Crippen LogP contribution in [0.15, 0.2) is 12.1 Å². The van der Waals surface area contributed by atoms with Gasteiger partial charge in [0.1, 0.15) is 5.69 Å². The normalized spacial score (nSPS) is 10.0. The molecule has 2 N–H and O–H groups in total. The molecule has 70 valence electrons. The molecule has 0 saturated carbocycles. The maximum Gasteiger partial charge on any atom is 0.292 e. The van der Waals surface area contributed by atoms with E-state index in [1.54, 1.807) is 6.07 Å². The highest BCUT2D eigenvalue weighted by molar-refractivity contribution is 5.61. The maximum atomic E-state index is 10.5. The van der Waals surface area contributed by atoms with Crippen LogP contribution in [0.2, 0.25) is 0 Å². The number of nitrogens with two attached hydrogens (primary N) is 1. The van der Waals surface area contributed by atoms with Crippen LogP contribution in [0.3, 0.4) is 0 Å². The number of anilines is 1. The Morgan fingerprint density at radius 1 is 1.54 bits per heavy atom. The molecule has 0 spiro atoms. The number of nitrogen functional groups attached to an aromatic ring is 1. The van der Waals surface area contributed by atoms with E-state index in [9.17, 15) is 10.1 Å². The van der Waals surface area contributed by atoms with Gasteiger partial charge in [0, 0.05) is 6.07 Å². The molecule has 0 saturated heterocycles. The molecule has 1 aromatic carbocycles. The van der Waals surface area contributed by atoms with Gasteiger partial charge in [-0.2, -0.15) is 0 Å². The first-order valence-electron chi connectivity index (χ1n) is 4.09. The smallest absolute Gasteiger partial charge is 0.292 e. The minimum atomic E-state index is -0.457. The summed E-state index contributed by atoms with van der Waals surface area (Å²) >= 11 is 0. The largest absolute Gasteiger partial charge is 0.393 e. The van der Waals surface area contributed by atoms with Crippen LogP contribution in [0.4, 0.5) is 11.4 Å². The Morgan fingerprint density at radius 3 is 2.62 bits per heavy atom. The Kier molecular flexibility index (Phi) is 2.51. The summed E-state index contributed by atoms with van der Waals surface area (Å²) in [6.45, 7) is 3.85. The fraction of sp³-hybridized carbons (Fsp3) is 0.333. The SMILES string of the molecule is CCc1cc(N)c([N+](=O)[O-])cc1C. The number of aryl methyl sites for hydroxylation is 2. The number of benzene rings is 1. The molecule has 0 aliphatic rings. The average molecular weight is 180 g/mol. The molecule has 0 bridgehead atoms. The molecule has 0 unspecified atom stereocenters. The predicted molar refractivity (Wildman–Crippen MR) is 51.6 cm³/mol. The Labute approximate surface area is 76.5 Å². The van der Waals surface area contributed by atoms with Gasteiger partial charge >= 0.3 is 0 Å². The predicted octanol–water partition coefficient (Wildman–Crippen LogP) is 2.05. The van der Waals surface area contributed by atoms with Crippen LogP contribution in [0.5, 0.6) is 0 Å². The molecule has 0 heterocycles. The van der Waals surface area contributed by atoms with Crippen LogP contribution in [-0.4, -0.2) is 4.92 Å². The molecule has 4 heteroatoms. The van der Waals surface area contributed by atoms with E-state index in [1.807, 2.05) is 13.8 Å². The minimum absolute atomic E-state index is 0.00491. The van der Waals surface area contributed by atoms with E-state index in [0.29, 0.717) is 0 Å². The van der Waals surface area contributed by atoms with Gasteiger partial charge in [-0.1, -0.05) is 6.92 Å². The summed E-state index contributed by atoms with van der Waals surface area (Å²) in [6, 6.07) is 3.20. The van der Waals surface area contributed by atoms with E-state index >= 15 is 0 Å². The van der Waals surface area contributed by atoms with E-state index in [1.165, 1.54) is 6.07 Å². The molecule has 1 rings (SSSR count). The quantitative estimate of drug-likeness (QED) is 0.430. The third-order valence-electron chi connectivity index (χ3n) is 2.06. The highest BCUT2D eigenvalue weighted by atomic mass is 16.6. The third-order valence-corrected chi connectivity index (χ3v) is 2.06. The fourth-order valence-corrected chi connectivity index (χ4v) is 1.30. The van der Waals surface area contributed by atoms with Crippen LogP contribution in [0.25, 0.3) is 0 Å². The molecule has 4 nitrogen and oxygen atoms in total. The van der Waals surface area contributed by atoms with Crippen molar-refractivity contribution in [2.24, 2.45) is 0 Å². The monoisotopic (exact) mass is 180 g/mol. The summed E-state index contributed by atoms with van der Waals surface area (Å²) in [5, 5.41) is 10.5. The molecular formula is C9H12N2O2. The second-order valence-electron chi connectivity index (χ2n) is 2.95. The first-order valence-corrected chi connectivity index (χ1v) is 4.09. The third kappa shape index (κ3) is 1.77. The second-order valence-corrected chi connectivity index (χ2v) is 2.95. The number of hydrogen-bond acceptors (Lipinski definition) is 3. The molecule has 0 aliphatic carbocycles. The van der Waals surface area contributed by atoms with Crippen molar-refractivity contribution in [2.75, 3.05) is 5.73 Å². The zero-order valence-electron chi connectivity index (χ0n) is 7.70. The van der Waals surface area contributed by atoms with E-state index < -0.39 is 4.92 Å². The first kappa shape index (κ1) is 9.51. The van der Waals surface area contributed by atoms with Gasteiger partial charge < -0.3 is 5.73 Å². The minimum Gasteiger partial charge on any atom is -0.393 e. The molecule has 1 aromatic rings. The highest BCUT2D eigenvalue weighted by Gasteiger charge is 2.12. The second kappa shape index (κ2) is 3.43. The van der Waals surface area contributed by atoms with Crippen LogP contribution in [-0.2, 0) is 6.42 Å². The lowest BCUT2D eigenvalue weighted by Gasteiger charge is -2.04. The van der Waals surface area contributed by atoms with Gasteiger partial charge in [0.15, 0.2) is 0 Å². The Balaban J connectivity index is 3.28. The fourth-order valence-electron chi connectivity index (χ4n) is 1.30. The Hall–Kier alpha value is -1.58. The molecule has 0 aromatic heterocycles. The number of nitro benzene ring substituents is 1. The van der Waals surface area contributed by atoms with E-state index in [0.717, 1.165) is 17.5 Å². The van der Waals surface area contributed by atoms with Crippen molar-refractivity contribution in [3.05, 3.63) is 33.4 Å². The average Bonchev–Trinajstić information content (AvgIpc) is 2.07. The summed E-state index contributed by atoms with van der Waals surface area (Å²) in [6.07, 6.45) is 0.841. The summed E-state index contributed by atoms with van der Waals surface area (Å²) in [5.74, 6) is 0. The lowest BCUT2D eigenvalue weighted by atomic mass is 10.0. The van der Waals surface area contributed by atoms with Gasteiger partial charge in [0.2, 0.25) is 0 Å². The van der Waals surface area contributed by atoms with E-state index in [2.05, 4.69) is 0 Å². The summed E-state index contributed by atoms with van der Waals surface area (Å²) in [7, 11) is 0. The van der Waals surface area contributed by atoms with Gasteiger partial charge in [-0.3, -0.25) is 10.1 Å². The zero-order chi connectivity index (χ0) is 10.0. The topological polar surface area (TPSA) is 69.2 Å². The zero-order valence-corrected chi connectivity index (χ0v) is 7.70. The standard InChI is InChI=1S/C9H12N2O2/c1-3-7-5-8(10)9(11(12)13)4-6(7)2/h4-5H,3,10H2,1-2H3. The Bertz CT molecular complexity index is 348. The Morgan fingerprint density at radius 2 is 2.15 bits per heavy atom. The van der Waals surface area contributed by atoms with Crippen molar-refractivity contribution in [1.29, 1.82) is 0 Å². The van der Waals surface area contributed by atoms with Crippen molar-refractivity contribution in [3.8, 4) is 0 Å². The van der Waals surface area contributed by atoms with Gasteiger partial charge in [-0.15, -0.1) is 0 Å². The van der Waals surface area contributed by atoms with Gasteiger partial charge in [-0.05, 0) is 30.5 Å². The van der Waals surface area contributed by atoms with Crippen LogP contribution >= 0.6 is 0 Å². The van der Waals surface area contributed by atoms with E-state index in [-0.39, 0.29) is 11.4 Å². The highest BCUT2D eigenvalue weighted by Crippen LogP contribution is 2.25. The van der Waals surface area contributed by atoms with Crippen LogP contribution in [0.1, 0.15) is 18.1 Å². The number of nitro groups is 1. The lowest BCUT2D eigenvalue weighted by molar-refractivity contribution is -0.383. The van der Waals surface area contributed by atoms with Crippen molar-refractivity contribution in [1.82, 2.24) is 0 Å². The molecule has 0 amide bonds. The van der Waals surface area contributed by atoms with Crippen LogP contribution < -0.4 is 5.73 Å². The molecule has 0 aliphatic heterocycles. The molecule has 0 radical (unpaired) electrons. The van der Waals surface area contributed by atoms with Crippen molar-refractivity contribution in [3.63, 3.8) is 0 Å². The van der Waals surface area contributed by atoms with Crippen molar-refractivity contribution in [2.45, 2.75) is 20.3 Å². The van der Waals surface area contributed by atoms with Crippen molar-refractivity contribution >= 4 is 11.4 Å². The number of rotatable bonds is 2. The summed E-state index contributed by atoms with van der Waals surface area (Å²) in [5.41, 5.74) is 7.74. The summed E-state index contributed by atoms with van der Waals surface area (Å²) < 4.78 is 0. The molecule has 0 fully saturated rings. The van der Waals surface area contributed by atoms with Crippen molar-refractivity contribution < 1.29 is 4.92 Å². The molecule has 13 heavy (non-hydrogen) atoms. The maximum absolute atomic E-state index is 10.5. The summed E-state index contributed by atoms with van der Waals surface area (Å²) in [4.78, 5) is 10.0. The van der Waals surface area contributed by atoms with Crippen LogP contribution in [0, 0.1) is 17.0 Å². The molecular weight excluding hydrogens is 168 g/mol. The van der Waals surface area contributed by atoms with E-state index in [4.69, 9.17) is 5.73 Å².